The van der Waals surface area contributed by atoms with Gasteiger partial charge in [-0.2, -0.15) is 0 Å². The molecule has 18 heavy (non-hydrogen) atoms. The minimum Gasteiger partial charge on any atom is -0.397 e. The normalized spacial score (nSPS) is 19.6. The molecule has 0 bridgehead atoms. The zero-order chi connectivity index (χ0) is 13.2. The summed E-state index contributed by atoms with van der Waals surface area (Å²) in [7, 11) is 0. The van der Waals surface area contributed by atoms with Gasteiger partial charge in [0.15, 0.2) is 5.79 Å². The molecule has 1 saturated heterocycles. The zero-order valence-corrected chi connectivity index (χ0v) is 11.5. The summed E-state index contributed by atoms with van der Waals surface area (Å²) in [6.45, 7) is 7.71. The van der Waals surface area contributed by atoms with E-state index in [0.29, 0.717) is 0 Å². The third-order valence-electron chi connectivity index (χ3n) is 3.59. The number of aliphatic hydroxyl groups excluding tert-OH is 1. The molecule has 0 unspecified atom stereocenters. The van der Waals surface area contributed by atoms with E-state index in [1.54, 1.807) is 6.92 Å². The number of hydrogen-bond donors (Lipinski definition) is 1. The fourth-order valence-electron chi connectivity index (χ4n) is 2.88. The minimum atomic E-state index is -0.397. The number of fused-ring (bicyclic) bond motifs is 2. The van der Waals surface area contributed by atoms with Crippen LogP contribution in [0.25, 0.3) is 0 Å². The van der Waals surface area contributed by atoms with Gasteiger partial charge in [-0.3, -0.25) is 0 Å². The predicted molar refractivity (Wildman–Crippen MR) is 70.6 cm³/mol. The number of aliphatic hydroxyl groups is 1. The molecule has 1 aromatic rings. The number of aryl methyl sites for hydroxylation is 2. The van der Waals surface area contributed by atoms with Gasteiger partial charge in [0.05, 0.1) is 13.2 Å². The first-order valence-corrected chi connectivity index (χ1v) is 6.63. The molecule has 1 heterocycles. The van der Waals surface area contributed by atoms with Gasteiger partial charge >= 0.3 is 0 Å². The molecule has 100 valence electrons. The van der Waals surface area contributed by atoms with Gasteiger partial charge in [-0.25, -0.2) is 0 Å². The van der Waals surface area contributed by atoms with E-state index in [-0.39, 0.29) is 6.61 Å². The van der Waals surface area contributed by atoms with E-state index >= 15 is 0 Å². The van der Waals surface area contributed by atoms with E-state index in [1.807, 2.05) is 0 Å². The highest BCUT2D eigenvalue weighted by molar-refractivity contribution is 5.46. The van der Waals surface area contributed by atoms with Gasteiger partial charge in [0, 0.05) is 18.6 Å². The van der Waals surface area contributed by atoms with Crippen molar-refractivity contribution < 1.29 is 14.6 Å². The summed E-state index contributed by atoms with van der Waals surface area (Å²) in [6.07, 6.45) is 2.07. The fraction of sp³-hybridized carbons (Fsp3) is 0.600. The lowest BCUT2D eigenvalue weighted by atomic mass is 9.97. The molecular formula is C15H22O3. The Morgan fingerprint density at radius 3 is 2.33 bits per heavy atom. The molecule has 0 aromatic heterocycles. The maximum atomic E-state index is 7.57. The molecule has 0 atom stereocenters. The summed E-state index contributed by atoms with van der Waals surface area (Å²) < 4.78 is 11.7. The van der Waals surface area contributed by atoms with Crippen molar-refractivity contribution in [3.8, 4) is 0 Å². The quantitative estimate of drug-likeness (QED) is 0.768. The first kappa shape index (κ1) is 13.5. The van der Waals surface area contributed by atoms with Crippen LogP contribution in [0.5, 0.6) is 0 Å². The minimum absolute atomic E-state index is 0.250. The number of benzene rings is 1. The molecule has 1 N–H and O–H groups in total. The van der Waals surface area contributed by atoms with Crippen molar-refractivity contribution in [1.29, 1.82) is 0 Å². The Hall–Kier alpha value is -0.900. The molecular weight excluding hydrogens is 228 g/mol. The van der Waals surface area contributed by atoms with Crippen LogP contribution in [0.3, 0.4) is 0 Å². The average molecular weight is 250 g/mol. The molecule has 3 nitrogen and oxygen atoms in total. The largest absolute Gasteiger partial charge is 0.397 e. The summed E-state index contributed by atoms with van der Waals surface area (Å²) in [4.78, 5) is 0. The molecule has 2 aliphatic rings. The lowest BCUT2D eigenvalue weighted by molar-refractivity contribution is -0.163. The van der Waals surface area contributed by atoms with Crippen LogP contribution in [-0.4, -0.2) is 24.9 Å². The van der Waals surface area contributed by atoms with Crippen LogP contribution in [0.15, 0.2) is 12.1 Å². The Morgan fingerprint density at radius 1 is 1.17 bits per heavy atom. The van der Waals surface area contributed by atoms with Crippen LogP contribution in [0, 0.1) is 13.8 Å². The van der Waals surface area contributed by atoms with Gasteiger partial charge < -0.3 is 14.6 Å². The SMILES string of the molecule is CCO.Cc1ccc(C)c2c1CCC21OCCO1. The molecule has 0 amide bonds. The lowest BCUT2D eigenvalue weighted by Crippen LogP contribution is -2.24. The lowest BCUT2D eigenvalue weighted by Gasteiger charge is -2.24. The highest BCUT2D eigenvalue weighted by atomic mass is 16.7. The molecule has 1 spiro atoms. The molecule has 1 fully saturated rings. The summed E-state index contributed by atoms with van der Waals surface area (Å²) in [6, 6.07) is 4.37. The van der Waals surface area contributed by atoms with Crippen LogP contribution in [0.2, 0.25) is 0 Å². The maximum Gasteiger partial charge on any atom is 0.195 e. The number of ether oxygens (including phenoxy) is 2. The van der Waals surface area contributed by atoms with Crippen molar-refractivity contribution in [2.75, 3.05) is 19.8 Å². The van der Waals surface area contributed by atoms with Gasteiger partial charge in [-0.15, -0.1) is 0 Å². The average Bonchev–Trinajstić information content (AvgIpc) is 2.95. The summed E-state index contributed by atoms with van der Waals surface area (Å²) in [5, 5.41) is 7.57. The van der Waals surface area contributed by atoms with Crippen molar-refractivity contribution in [1.82, 2.24) is 0 Å². The zero-order valence-electron chi connectivity index (χ0n) is 11.5. The van der Waals surface area contributed by atoms with E-state index in [0.717, 1.165) is 26.1 Å². The monoisotopic (exact) mass is 250 g/mol. The summed E-state index contributed by atoms with van der Waals surface area (Å²) in [5.41, 5.74) is 5.42. The molecule has 0 radical (unpaired) electrons. The molecule has 0 saturated carbocycles. The van der Waals surface area contributed by atoms with E-state index in [1.165, 1.54) is 22.3 Å². The molecule has 3 heteroatoms. The third kappa shape index (κ3) is 2.18. The smallest absolute Gasteiger partial charge is 0.195 e. The van der Waals surface area contributed by atoms with Crippen molar-refractivity contribution in [3.05, 3.63) is 34.4 Å². The Morgan fingerprint density at radius 2 is 1.72 bits per heavy atom. The van der Waals surface area contributed by atoms with Crippen LogP contribution in [0.1, 0.15) is 35.6 Å². The Bertz CT molecular complexity index is 420. The molecule has 1 aliphatic carbocycles. The van der Waals surface area contributed by atoms with Crippen LogP contribution in [-0.2, 0) is 21.7 Å². The predicted octanol–water partition coefficient (Wildman–Crippen LogP) is 2.45. The second-order valence-corrected chi connectivity index (χ2v) is 4.82. The van der Waals surface area contributed by atoms with Crippen molar-refractivity contribution >= 4 is 0 Å². The summed E-state index contributed by atoms with van der Waals surface area (Å²) >= 11 is 0. The van der Waals surface area contributed by atoms with Gasteiger partial charge in [-0.1, -0.05) is 12.1 Å². The summed E-state index contributed by atoms with van der Waals surface area (Å²) in [5.74, 6) is -0.397. The molecule has 1 aromatic carbocycles. The second-order valence-electron chi connectivity index (χ2n) is 4.82. The topological polar surface area (TPSA) is 38.7 Å². The van der Waals surface area contributed by atoms with Gasteiger partial charge in [-0.05, 0) is 43.9 Å². The van der Waals surface area contributed by atoms with E-state index in [4.69, 9.17) is 14.6 Å². The fourth-order valence-corrected chi connectivity index (χ4v) is 2.88. The highest BCUT2D eigenvalue weighted by Gasteiger charge is 2.45. The maximum absolute atomic E-state index is 7.57. The second kappa shape index (κ2) is 5.39. The van der Waals surface area contributed by atoms with E-state index in [9.17, 15) is 0 Å². The number of hydrogen-bond acceptors (Lipinski definition) is 3. The Balaban J connectivity index is 0.000000367. The van der Waals surface area contributed by atoms with Gasteiger partial charge in [0.1, 0.15) is 0 Å². The first-order valence-electron chi connectivity index (χ1n) is 6.63. The van der Waals surface area contributed by atoms with Crippen LogP contribution < -0.4 is 0 Å². The van der Waals surface area contributed by atoms with Crippen LogP contribution in [0.4, 0.5) is 0 Å². The van der Waals surface area contributed by atoms with Crippen molar-refractivity contribution in [2.45, 2.75) is 39.4 Å². The van der Waals surface area contributed by atoms with Crippen LogP contribution >= 0.6 is 0 Å². The first-order chi connectivity index (χ1) is 8.64. The third-order valence-corrected chi connectivity index (χ3v) is 3.59. The van der Waals surface area contributed by atoms with Gasteiger partial charge in [0.25, 0.3) is 0 Å². The van der Waals surface area contributed by atoms with Crippen molar-refractivity contribution in [2.24, 2.45) is 0 Å². The molecule has 1 aliphatic heterocycles. The van der Waals surface area contributed by atoms with E-state index in [2.05, 4.69) is 26.0 Å². The standard InChI is InChI=1S/C13H16O2.C2H6O/c1-9-3-4-10(2)12-11(9)5-6-13(12)14-7-8-15-13;1-2-3/h3-4H,5-8H2,1-2H3;3H,2H2,1H3. The van der Waals surface area contributed by atoms with E-state index < -0.39 is 5.79 Å². The van der Waals surface area contributed by atoms with Gasteiger partial charge in [0.2, 0.25) is 0 Å². The van der Waals surface area contributed by atoms with Crippen molar-refractivity contribution in [3.63, 3.8) is 0 Å². The Labute approximate surface area is 109 Å². The number of rotatable bonds is 0. The molecule has 3 rings (SSSR count). The highest BCUT2D eigenvalue weighted by Crippen LogP contribution is 2.45. The Kier molecular flexibility index (Phi) is 4.05.